The molecule has 2 atom stereocenters. The fourth-order valence-electron chi connectivity index (χ4n) is 11.3. The minimum Gasteiger partial charge on any atom is -0.457 e. The molecule has 8 heteroatoms. The topological polar surface area (TPSA) is 93.2 Å². The number of rotatable bonds is 10. The first kappa shape index (κ1) is 44.0. The smallest absolute Gasteiger partial charge is 0.265 e. The largest absolute Gasteiger partial charge is 0.457 e. The van der Waals surface area contributed by atoms with Crippen molar-refractivity contribution in [3.8, 4) is 23.0 Å². The third-order valence-corrected chi connectivity index (χ3v) is 14.4. The number of nitrogens with zero attached hydrogens (tertiary/aromatic N) is 2. The van der Waals surface area contributed by atoms with E-state index in [1.54, 1.807) is 12.1 Å². The molecule has 69 heavy (non-hydrogen) atoms. The highest BCUT2D eigenvalue weighted by molar-refractivity contribution is 6.34. The van der Waals surface area contributed by atoms with Crippen LogP contribution in [0.15, 0.2) is 115 Å². The van der Waals surface area contributed by atoms with Crippen LogP contribution in [0.5, 0.6) is 23.0 Å². The number of aryl methyl sites for hydroxylation is 1. The third kappa shape index (κ3) is 6.63. The van der Waals surface area contributed by atoms with E-state index < -0.39 is 23.7 Å². The summed E-state index contributed by atoms with van der Waals surface area (Å²) in [6.45, 7) is 18.7. The van der Waals surface area contributed by atoms with Crippen molar-refractivity contribution in [1.29, 1.82) is 0 Å². The van der Waals surface area contributed by atoms with Gasteiger partial charge in [-0.2, -0.15) is 0 Å². The Bertz CT molecular complexity index is 3400. The van der Waals surface area contributed by atoms with Gasteiger partial charge in [-0.15, -0.1) is 0 Å². The molecule has 0 saturated carbocycles. The van der Waals surface area contributed by atoms with Crippen molar-refractivity contribution in [2.75, 3.05) is 9.80 Å². The molecular formula is C61H54N2O6. The second-order valence-electron chi connectivity index (χ2n) is 20.2. The highest BCUT2D eigenvalue weighted by Crippen LogP contribution is 2.57. The van der Waals surface area contributed by atoms with Crippen LogP contribution < -0.4 is 19.3 Å². The van der Waals surface area contributed by atoms with Crippen LogP contribution in [-0.4, -0.2) is 23.6 Å². The zero-order chi connectivity index (χ0) is 48.3. The maximum atomic E-state index is 15.6. The number of hydrogen-bond donors (Lipinski definition) is 0. The molecule has 8 nitrogen and oxygen atoms in total. The predicted octanol–water partition coefficient (Wildman–Crippen LogP) is 15.0. The van der Waals surface area contributed by atoms with Gasteiger partial charge in [0.2, 0.25) is 11.8 Å². The van der Waals surface area contributed by atoms with Gasteiger partial charge < -0.3 is 9.47 Å². The molecule has 7 aromatic carbocycles. The lowest BCUT2D eigenvalue weighted by atomic mass is 9.72. The number of hydrogen-bond acceptors (Lipinski definition) is 6. The summed E-state index contributed by atoms with van der Waals surface area (Å²) >= 11 is 0. The van der Waals surface area contributed by atoms with E-state index in [9.17, 15) is 0 Å². The molecule has 2 aliphatic carbocycles. The summed E-state index contributed by atoms with van der Waals surface area (Å²) in [6, 6.07) is 32.7. The van der Waals surface area contributed by atoms with E-state index in [0.717, 1.165) is 27.8 Å². The lowest BCUT2D eigenvalue weighted by Crippen LogP contribution is -2.46. The molecule has 0 radical (unpaired) electrons. The second-order valence-corrected chi connectivity index (χ2v) is 20.2. The average molecular weight is 911 g/mol. The Kier molecular flexibility index (Phi) is 10.4. The summed E-state index contributed by atoms with van der Waals surface area (Å²) in [5, 5.41) is 2.73. The van der Waals surface area contributed by atoms with E-state index in [4.69, 9.17) is 9.47 Å². The summed E-state index contributed by atoms with van der Waals surface area (Å²) in [6.07, 6.45) is 7.72. The number of fused-ring (bicyclic) bond motifs is 2. The van der Waals surface area contributed by atoms with Gasteiger partial charge >= 0.3 is 0 Å². The first-order valence-corrected chi connectivity index (χ1v) is 24.2. The fourth-order valence-corrected chi connectivity index (χ4v) is 11.3. The van der Waals surface area contributed by atoms with Crippen molar-refractivity contribution in [2.24, 2.45) is 0 Å². The number of anilines is 2. The minimum absolute atomic E-state index is 0.0265. The lowest BCUT2D eigenvalue weighted by Gasteiger charge is -2.39. The zero-order valence-corrected chi connectivity index (χ0v) is 40.4. The van der Waals surface area contributed by atoms with Gasteiger partial charge in [0.05, 0.1) is 23.2 Å². The molecule has 0 saturated heterocycles. The minimum atomic E-state index is -0.811. The number of carbonyl (C=O) groups is 4. The summed E-state index contributed by atoms with van der Waals surface area (Å²) in [5.41, 5.74) is 9.40. The first-order chi connectivity index (χ1) is 33.2. The number of para-hydroxylation sites is 3. The summed E-state index contributed by atoms with van der Waals surface area (Å²) < 4.78 is 13.8. The van der Waals surface area contributed by atoms with E-state index >= 15 is 19.2 Å². The number of benzene rings is 7. The van der Waals surface area contributed by atoms with Gasteiger partial charge in [-0.05, 0) is 122 Å². The van der Waals surface area contributed by atoms with Crippen LogP contribution in [0, 0.1) is 6.92 Å². The molecule has 0 fully saturated rings. The van der Waals surface area contributed by atoms with E-state index in [1.165, 1.54) is 9.80 Å². The average Bonchev–Trinajstić information content (AvgIpc) is 3.33. The van der Waals surface area contributed by atoms with Gasteiger partial charge in [-0.3, -0.25) is 19.2 Å². The van der Waals surface area contributed by atoms with Crippen LogP contribution in [0.25, 0.3) is 33.7 Å². The molecule has 11 rings (SSSR count). The van der Waals surface area contributed by atoms with Crippen LogP contribution in [0.3, 0.4) is 0 Å². The Morgan fingerprint density at radius 2 is 0.826 bits per heavy atom. The second kappa shape index (κ2) is 16.3. The molecule has 0 spiro atoms. The highest BCUT2D eigenvalue weighted by Gasteiger charge is 2.48. The Morgan fingerprint density at radius 1 is 0.449 bits per heavy atom. The highest BCUT2D eigenvalue weighted by atomic mass is 16.5. The Labute approximate surface area is 402 Å². The monoisotopic (exact) mass is 910 g/mol. The van der Waals surface area contributed by atoms with Crippen molar-refractivity contribution < 1.29 is 28.7 Å². The molecule has 0 bridgehead atoms. The van der Waals surface area contributed by atoms with E-state index in [-0.39, 0.29) is 35.5 Å². The van der Waals surface area contributed by atoms with Crippen molar-refractivity contribution in [3.63, 3.8) is 0 Å². The number of carbonyl (C=O) groups excluding carboxylic acids is 4. The van der Waals surface area contributed by atoms with E-state index in [2.05, 4.69) is 74.4 Å². The Morgan fingerprint density at radius 3 is 1.20 bits per heavy atom. The quantitative estimate of drug-likeness (QED) is 0.100. The standard InChI is InChI=1S/C61H54N2O6/c1-31(2)38-21-16-22-39(32(3)4)56(38)62-58(64)42-25-23-40-53-49(69-37-19-14-11-15-20-37)30-47-51-43(59(65)63(61(47)67)57-44(33(5)6)27-35(9)28-45(57)34(7)8)26-24-41(55(51)53)52-48(68-36-17-12-10-13-18-36)29-46(60(62)66)50(42)54(40)52/h10-34,42-43H,1-9H3. The zero-order valence-electron chi connectivity index (χ0n) is 40.4. The molecular weight excluding hydrogens is 857 g/mol. The van der Waals surface area contributed by atoms with Gasteiger partial charge in [-0.1, -0.05) is 152 Å². The van der Waals surface area contributed by atoms with Crippen molar-refractivity contribution in [1.82, 2.24) is 0 Å². The van der Waals surface area contributed by atoms with Gasteiger partial charge in [0.15, 0.2) is 0 Å². The van der Waals surface area contributed by atoms with E-state index in [0.29, 0.717) is 89.3 Å². The molecule has 4 aliphatic rings. The van der Waals surface area contributed by atoms with Crippen LogP contribution in [-0.2, 0) is 9.59 Å². The number of ether oxygens (including phenoxy) is 2. The Hall–Kier alpha value is -7.58. The molecule has 0 N–H and O–H groups in total. The van der Waals surface area contributed by atoms with Crippen LogP contribution >= 0.6 is 0 Å². The van der Waals surface area contributed by atoms with Crippen molar-refractivity contribution >= 4 is 68.7 Å². The summed E-state index contributed by atoms with van der Waals surface area (Å²) in [5.74, 6) is -1.06. The van der Waals surface area contributed by atoms with Gasteiger partial charge in [-0.25, -0.2) is 9.80 Å². The molecule has 7 aromatic rings. The summed E-state index contributed by atoms with van der Waals surface area (Å²) in [4.78, 5) is 64.6. The van der Waals surface area contributed by atoms with Gasteiger partial charge in [0.1, 0.15) is 23.0 Å². The SMILES string of the molecule is Cc1cc(C(C)C)c(N2C(=O)c3cc(Oc4ccccc4)c4c5c6c7c(cc(Oc8ccccc8)c6c6c4c3C(C=C6)C2=O)C(=O)N(c2c(C(C)C)cccc2C(C)C)C(=O)C7C=C5)c(C(C)C)c1. The van der Waals surface area contributed by atoms with E-state index in [1.807, 2.05) is 103 Å². The molecule has 0 aromatic heterocycles. The molecule has 2 aliphatic heterocycles. The lowest BCUT2D eigenvalue weighted by molar-refractivity contribution is -0.119. The summed E-state index contributed by atoms with van der Waals surface area (Å²) in [7, 11) is 0. The maximum absolute atomic E-state index is 15.6. The Balaban J connectivity index is 1.25. The number of imide groups is 2. The van der Waals surface area contributed by atoms with Crippen LogP contribution in [0.2, 0.25) is 0 Å². The van der Waals surface area contributed by atoms with Crippen molar-refractivity contribution in [3.05, 3.63) is 176 Å². The third-order valence-electron chi connectivity index (χ3n) is 14.4. The van der Waals surface area contributed by atoms with Crippen LogP contribution in [0.1, 0.15) is 162 Å². The molecule has 2 unspecified atom stereocenters. The molecule has 4 amide bonds. The maximum Gasteiger partial charge on any atom is 0.265 e. The van der Waals surface area contributed by atoms with Crippen molar-refractivity contribution in [2.45, 2.75) is 97.8 Å². The normalized spacial score (nSPS) is 16.9. The molecule has 344 valence electrons. The predicted molar refractivity (Wildman–Crippen MR) is 276 cm³/mol. The van der Waals surface area contributed by atoms with Gasteiger partial charge in [0.25, 0.3) is 11.8 Å². The first-order valence-electron chi connectivity index (χ1n) is 24.2. The number of amides is 4. The van der Waals surface area contributed by atoms with Crippen LogP contribution in [0.4, 0.5) is 11.4 Å². The van der Waals surface area contributed by atoms with Gasteiger partial charge in [0, 0.05) is 21.9 Å². The molecule has 2 heterocycles. The fraction of sp³-hybridized carbons (Fsp3) is 0.246.